The first-order valence-corrected chi connectivity index (χ1v) is 6.40. The molecule has 1 N–H and O–H groups in total. The lowest BCUT2D eigenvalue weighted by Gasteiger charge is -2.21. The number of ether oxygens (including phenoxy) is 1. The average Bonchev–Trinajstić information content (AvgIpc) is 2.35. The summed E-state index contributed by atoms with van der Waals surface area (Å²) >= 11 is 0. The van der Waals surface area contributed by atoms with Gasteiger partial charge in [-0.25, -0.2) is 4.79 Å². The molecule has 3 nitrogen and oxygen atoms in total. The topological polar surface area (TPSA) is 38.3 Å². The molecule has 0 heterocycles. The Kier molecular flexibility index (Phi) is 5.20. The highest BCUT2D eigenvalue weighted by Crippen LogP contribution is 2.20. The number of carbonyl (C=O) groups excluding carboxylic acids is 1. The second-order valence-electron chi connectivity index (χ2n) is 5.17. The molecule has 0 saturated heterocycles. The van der Waals surface area contributed by atoms with E-state index in [1.54, 1.807) is 0 Å². The van der Waals surface area contributed by atoms with Crippen LogP contribution in [-0.4, -0.2) is 19.1 Å². The van der Waals surface area contributed by atoms with Gasteiger partial charge in [-0.05, 0) is 29.5 Å². The maximum atomic E-state index is 11.7. The molecule has 0 radical (unpaired) electrons. The Morgan fingerprint density at radius 2 is 1.89 bits per heavy atom. The number of rotatable bonds is 5. The van der Waals surface area contributed by atoms with Crippen LogP contribution in [0.2, 0.25) is 0 Å². The third-order valence-corrected chi connectivity index (χ3v) is 3.00. The highest BCUT2D eigenvalue weighted by Gasteiger charge is 2.22. The van der Waals surface area contributed by atoms with E-state index in [-0.39, 0.29) is 17.9 Å². The highest BCUT2D eigenvalue weighted by atomic mass is 16.5. The molecule has 0 spiro atoms. The fourth-order valence-corrected chi connectivity index (χ4v) is 1.79. The van der Waals surface area contributed by atoms with Crippen molar-refractivity contribution >= 4 is 11.7 Å². The van der Waals surface area contributed by atoms with E-state index in [9.17, 15) is 4.79 Å². The summed E-state index contributed by atoms with van der Waals surface area (Å²) in [4.78, 5) is 11.7. The largest absolute Gasteiger partial charge is 0.467 e. The lowest BCUT2D eigenvalue weighted by atomic mass is 10.0. The smallest absolute Gasteiger partial charge is 0.328 e. The Hall–Kier alpha value is -1.51. The number of nitrogens with one attached hydrogen (secondary N) is 1. The van der Waals surface area contributed by atoms with E-state index >= 15 is 0 Å². The molecule has 0 aliphatic carbocycles. The standard InChI is InChI=1S/C15H23NO2/c1-10(2)12-7-6-8-13(9-12)16-14(11(3)4)15(17)18-5/h6-11,14,16H,1-5H3. The van der Waals surface area contributed by atoms with Crippen molar-refractivity contribution in [3.63, 3.8) is 0 Å². The van der Waals surface area contributed by atoms with Crippen LogP contribution in [0.1, 0.15) is 39.2 Å². The van der Waals surface area contributed by atoms with Gasteiger partial charge >= 0.3 is 5.97 Å². The summed E-state index contributed by atoms with van der Waals surface area (Å²) in [7, 11) is 1.42. The second kappa shape index (κ2) is 6.43. The van der Waals surface area contributed by atoms with Gasteiger partial charge in [0.05, 0.1) is 7.11 Å². The van der Waals surface area contributed by atoms with E-state index < -0.39 is 0 Å². The van der Waals surface area contributed by atoms with Crippen LogP contribution in [0.5, 0.6) is 0 Å². The van der Waals surface area contributed by atoms with Crippen molar-refractivity contribution in [1.82, 2.24) is 0 Å². The van der Waals surface area contributed by atoms with Crippen LogP contribution in [0.4, 0.5) is 5.69 Å². The van der Waals surface area contributed by atoms with Crippen molar-refractivity contribution in [3.05, 3.63) is 29.8 Å². The summed E-state index contributed by atoms with van der Waals surface area (Å²) in [5.41, 5.74) is 2.22. The van der Waals surface area contributed by atoms with Crippen LogP contribution in [0.3, 0.4) is 0 Å². The van der Waals surface area contributed by atoms with Crippen molar-refractivity contribution in [2.24, 2.45) is 5.92 Å². The first-order chi connectivity index (χ1) is 8.45. The SMILES string of the molecule is COC(=O)C(Nc1cccc(C(C)C)c1)C(C)C. The quantitative estimate of drug-likeness (QED) is 0.813. The van der Waals surface area contributed by atoms with E-state index in [4.69, 9.17) is 4.74 Å². The van der Waals surface area contributed by atoms with E-state index in [0.29, 0.717) is 5.92 Å². The minimum Gasteiger partial charge on any atom is -0.467 e. The molecule has 0 amide bonds. The number of hydrogen-bond donors (Lipinski definition) is 1. The van der Waals surface area contributed by atoms with Gasteiger partial charge in [0, 0.05) is 5.69 Å². The summed E-state index contributed by atoms with van der Waals surface area (Å²) < 4.78 is 4.82. The normalized spacial score (nSPS) is 12.6. The maximum absolute atomic E-state index is 11.7. The number of esters is 1. The Labute approximate surface area is 110 Å². The number of methoxy groups -OCH3 is 1. The predicted molar refractivity (Wildman–Crippen MR) is 74.8 cm³/mol. The summed E-state index contributed by atoms with van der Waals surface area (Å²) in [6, 6.07) is 7.86. The monoisotopic (exact) mass is 249 g/mol. The predicted octanol–water partition coefficient (Wildman–Crippen LogP) is 3.42. The molecule has 1 rings (SSSR count). The molecule has 0 aliphatic heterocycles. The van der Waals surface area contributed by atoms with Crippen LogP contribution >= 0.6 is 0 Å². The van der Waals surface area contributed by atoms with Gasteiger partial charge in [-0.2, -0.15) is 0 Å². The molecule has 18 heavy (non-hydrogen) atoms. The van der Waals surface area contributed by atoms with E-state index in [1.165, 1.54) is 12.7 Å². The van der Waals surface area contributed by atoms with Crippen molar-refractivity contribution in [1.29, 1.82) is 0 Å². The van der Waals surface area contributed by atoms with Gasteiger partial charge in [0.1, 0.15) is 6.04 Å². The lowest BCUT2D eigenvalue weighted by Crippen LogP contribution is -2.35. The van der Waals surface area contributed by atoms with Gasteiger partial charge in [-0.3, -0.25) is 0 Å². The first kappa shape index (κ1) is 14.6. The summed E-state index contributed by atoms with van der Waals surface area (Å²) in [5.74, 6) is 0.433. The lowest BCUT2D eigenvalue weighted by molar-refractivity contribution is -0.142. The maximum Gasteiger partial charge on any atom is 0.328 e. The molecule has 3 heteroatoms. The summed E-state index contributed by atoms with van der Waals surface area (Å²) in [5, 5.41) is 3.25. The Morgan fingerprint density at radius 3 is 2.39 bits per heavy atom. The van der Waals surface area contributed by atoms with Gasteiger partial charge in [-0.15, -0.1) is 0 Å². The van der Waals surface area contributed by atoms with Crippen LogP contribution in [0, 0.1) is 5.92 Å². The third-order valence-electron chi connectivity index (χ3n) is 3.00. The molecule has 0 aliphatic rings. The number of benzene rings is 1. The first-order valence-electron chi connectivity index (χ1n) is 6.40. The van der Waals surface area contributed by atoms with Gasteiger partial charge in [-0.1, -0.05) is 39.8 Å². The van der Waals surface area contributed by atoms with Crippen molar-refractivity contribution in [2.45, 2.75) is 39.7 Å². The zero-order valence-corrected chi connectivity index (χ0v) is 11.9. The van der Waals surface area contributed by atoms with Crippen LogP contribution in [0.25, 0.3) is 0 Å². The van der Waals surface area contributed by atoms with Crippen molar-refractivity contribution in [2.75, 3.05) is 12.4 Å². The molecular weight excluding hydrogens is 226 g/mol. The molecule has 1 atom stereocenters. The van der Waals surface area contributed by atoms with Gasteiger partial charge in [0.2, 0.25) is 0 Å². The number of hydrogen-bond acceptors (Lipinski definition) is 3. The number of carbonyl (C=O) groups is 1. The van der Waals surface area contributed by atoms with Crippen molar-refractivity contribution < 1.29 is 9.53 Å². The summed E-state index contributed by atoms with van der Waals surface area (Å²) in [6.07, 6.45) is 0. The minimum atomic E-state index is -0.308. The molecule has 1 aromatic carbocycles. The molecule has 1 unspecified atom stereocenters. The fourth-order valence-electron chi connectivity index (χ4n) is 1.79. The average molecular weight is 249 g/mol. The second-order valence-corrected chi connectivity index (χ2v) is 5.17. The molecule has 100 valence electrons. The van der Waals surface area contributed by atoms with Gasteiger partial charge in [0.25, 0.3) is 0 Å². The molecule has 1 aromatic rings. The minimum absolute atomic E-state index is 0.181. The van der Waals surface area contributed by atoms with E-state index in [2.05, 4.69) is 31.3 Å². The molecule has 0 saturated carbocycles. The van der Waals surface area contributed by atoms with Gasteiger partial charge < -0.3 is 10.1 Å². The van der Waals surface area contributed by atoms with Gasteiger partial charge in [0.15, 0.2) is 0 Å². The van der Waals surface area contributed by atoms with E-state index in [0.717, 1.165) is 5.69 Å². The van der Waals surface area contributed by atoms with Crippen molar-refractivity contribution in [3.8, 4) is 0 Å². The Morgan fingerprint density at radius 1 is 1.22 bits per heavy atom. The fraction of sp³-hybridized carbons (Fsp3) is 0.533. The Balaban J connectivity index is 2.87. The zero-order valence-electron chi connectivity index (χ0n) is 11.9. The van der Waals surface area contributed by atoms with Crippen LogP contribution < -0.4 is 5.32 Å². The van der Waals surface area contributed by atoms with Crippen LogP contribution in [-0.2, 0) is 9.53 Å². The van der Waals surface area contributed by atoms with E-state index in [1.807, 2.05) is 26.0 Å². The van der Waals surface area contributed by atoms with Crippen LogP contribution in [0.15, 0.2) is 24.3 Å². The third kappa shape index (κ3) is 3.76. The number of anilines is 1. The molecule has 0 bridgehead atoms. The zero-order chi connectivity index (χ0) is 13.7. The molecular formula is C15H23NO2. The highest BCUT2D eigenvalue weighted by molar-refractivity contribution is 5.79. The molecule has 0 aromatic heterocycles. The molecule has 0 fully saturated rings. The Bertz CT molecular complexity index is 399. The summed E-state index contributed by atoms with van der Waals surface area (Å²) in [6.45, 7) is 8.31.